The van der Waals surface area contributed by atoms with Gasteiger partial charge in [-0.15, -0.1) is 0 Å². The fourth-order valence-corrected chi connectivity index (χ4v) is 2.83. The molecule has 3 fully saturated rings. The highest BCUT2D eigenvalue weighted by molar-refractivity contribution is 5.91. The van der Waals surface area contributed by atoms with E-state index in [1.807, 2.05) is 11.8 Å². The number of hydrogen-bond donors (Lipinski definition) is 1. The molecule has 0 bridgehead atoms. The summed E-state index contributed by atoms with van der Waals surface area (Å²) in [7, 11) is 0. The summed E-state index contributed by atoms with van der Waals surface area (Å²) in [6, 6.07) is 0.447. The van der Waals surface area contributed by atoms with Crippen LogP contribution in [0.2, 0.25) is 0 Å². The molecule has 2 N–H and O–H groups in total. The van der Waals surface area contributed by atoms with Crippen LogP contribution < -0.4 is 5.73 Å². The maximum atomic E-state index is 12.4. The van der Waals surface area contributed by atoms with Gasteiger partial charge in [-0.25, -0.2) is 0 Å². The number of amides is 2. The molecule has 18 heavy (non-hydrogen) atoms. The zero-order valence-corrected chi connectivity index (χ0v) is 10.9. The van der Waals surface area contributed by atoms with Gasteiger partial charge < -0.3 is 15.5 Å². The third-order valence-corrected chi connectivity index (χ3v) is 4.42. The van der Waals surface area contributed by atoms with Crippen molar-refractivity contribution >= 4 is 11.8 Å². The highest BCUT2D eigenvalue weighted by Gasteiger charge is 2.47. The van der Waals surface area contributed by atoms with Crippen molar-refractivity contribution in [1.29, 1.82) is 0 Å². The van der Waals surface area contributed by atoms with E-state index in [9.17, 15) is 9.59 Å². The van der Waals surface area contributed by atoms with Crippen molar-refractivity contribution in [3.63, 3.8) is 0 Å². The molecule has 2 amide bonds. The van der Waals surface area contributed by atoms with Crippen molar-refractivity contribution < 1.29 is 9.59 Å². The number of rotatable bonds is 3. The second-order valence-corrected chi connectivity index (χ2v) is 6.10. The first kappa shape index (κ1) is 12.0. The molecule has 100 valence electrons. The van der Waals surface area contributed by atoms with Crippen molar-refractivity contribution in [2.24, 2.45) is 11.7 Å². The predicted octanol–water partition coefficient (Wildman–Crippen LogP) is -0.0530. The van der Waals surface area contributed by atoms with Crippen LogP contribution in [0.25, 0.3) is 0 Å². The Morgan fingerprint density at radius 1 is 1.28 bits per heavy atom. The van der Waals surface area contributed by atoms with E-state index in [0.717, 1.165) is 25.7 Å². The van der Waals surface area contributed by atoms with Gasteiger partial charge in [0.1, 0.15) is 0 Å². The van der Waals surface area contributed by atoms with E-state index in [0.29, 0.717) is 25.0 Å². The van der Waals surface area contributed by atoms with Crippen LogP contribution in [0.15, 0.2) is 0 Å². The summed E-state index contributed by atoms with van der Waals surface area (Å²) in [5.74, 6) is 0.346. The maximum Gasteiger partial charge on any atom is 0.243 e. The normalized spacial score (nSPS) is 28.2. The van der Waals surface area contributed by atoms with Crippen molar-refractivity contribution in [3.05, 3.63) is 0 Å². The lowest BCUT2D eigenvalue weighted by molar-refractivity contribution is -0.148. The summed E-state index contributed by atoms with van der Waals surface area (Å²) in [5.41, 5.74) is 5.36. The average molecular weight is 251 g/mol. The van der Waals surface area contributed by atoms with Gasteiger partial charge in [-0.1, -0.05) is 0 Å². The molecule has 3 rings (SSSR count). The van der Waals surface area contributed by atoms with E-state index in [1.54, 1.807) is 4.90 Å². The third-order valence-electron chi connectivity index (χ3n) is 4.42. The Balaban J connectivity index is 1.63. The van der Waals surface area contributed by atoms with Crippen molar-refractivity contribution in [2.45, 2.75) is 44.2 Å². The molecule has 0 aromatic heterocycles. The predicted molar refractivity (Wildman–Crippen MR) is 66.6 cm³/mol. The second kappa shape index (κ2) is 3.95. The van der Waals surface area contributed by atoms with E-state index in [-0.39, 0.29) is 18.4 Å². The highest BCUT2D eigenvalue weighted by atomic mass is 16.2. The largest absolute Gasteiger partial charge is 0.336 e. The van der Waals surface area contributed by atoms with Crippen molar-refractivity contribution in [1.82, 2.24) is 9.80 Å². The molecule has 1 atom stereocenters. The molecule has 0 aromatic rings. The van der Waals surface area contributed by atoms with E-state index in [2.05, 4.69) is 0 Å². The fraction of sp³-hybridized carbons (Fsp3) is 0.846. The Bertz CT molecular complexity index is 386. The quantitative estimate of drug-likeness (QED) is 0.764. The zero-order chi connectivity index (χ0) is 12.9. The maximum absolute atomic E-state index is 12.4. The lowest BCUT2D eigenvalue weighted by Crippen LogP contribution is -2.61. The first-order valence-electron chi connectivity index (χ1n) is 6.88. The average Bonchev–Trinajstić information content (AvgIpc) is 3.18. The highest BCUT2D eigenvalue weighted by Crippen LogP contribution is 2.39. The number of carbonyl (C=O) groups is 2. The van der Waals surface area contributed by atoms with Crippen LogP contribution in [-0.2, 0) is 9.59 Å². The summed E-state index contributed by atoms with van der Waals surface area (Å²) in [4.78, 5) is 27.9. The van der Waals surface area contributed by atoms with E-state index in [4.69, 9.17) is 5.73 Å². The molecular formula is C13H21N3O2. The topological polar surface area (TPSA) is 66.6 Å². The van der Waals surface area contributed by atoms with Crippen LogP contribution in [-0.4, -0.2) is 52.8 Å². The SMILES string of the molecule is C[C@@](N)(C(=O)N1CCN(C2CC2)C(=O)C1)C1CC1. The minimum Gasteiger partial charge on any atom is -0.336 e. The number of nitrogens with two attached hydrogens (primary N) is 1. The standard InChI is InChI=1S/C13H21N3O2/c1-13(14,9-2-3-9)12(18)15-6-7-16(10-4-5-10)11(17)8-15/h9-10H,2-8,14H2,1H3/t13-/m0/s1. The molecule has 5 nitrogen and oxygen atoms in total. The summed E-state index contributed by atoms with van der Waals surface area (Å²) in [6.45, 7) is 3.34. The van der Waals surface area contributed by atoms with Gasteiger partial charge in [0.15, 0.2) is 0 Å². The summed E-state index contributed by atoms with van der Waals surface area (Å²) < 4.78 is 0. The van der Waals surface area contributed by atoms with Crippen LogP contribution >= 0.6 is 0 Å². The summed E-state index contributed by atoms with van der Waals surface area (Å²) in [6.07, 6.45) is 4.32. The van der Waals surface area contributed by atoms with Gasteiger partial charge in [-0.2, -0.15) is 0 Å². The second-order valence-electron chi connectivity index (χ2n) is 6.10. The Morgan fingerprint density at radius 2 is 1.94 bits per heavy atom. The number of nitrogens with zero attached hydrogens (tertiary/aromatic N) is 2. The van der Waals surface area contributed by atoms with Gasteiger partial charge in [-0.05, 0) is 38.5 Å². The summed E-state index contributed by atoms with van der Waals surface area (Å²) in [5, 5.41) is 0. The molecule has 0 spiro atoms. The molecule has 2 saturated carbocycles. The van der Waals surface area contributed by atoms with Crippen molar-refractivity contribution in [2.75, 3.05) is 19.6 Å². The zero-order valence-electron chi connectivity index (χ0n) is 10.9. The molecule has 0 unspecified atom stereocenters. The number of hydrogen-bond acceptors (Lipinski definition) is 3. The van der Waals surface area contributed by atoms with Gasteiger partial charge >= 0.3 is 0 Å². The molecule has 1 saturated heterocycles. The monoisotopic (exact) mass is 251 g/mol. The lowest BCUT2D eigenvalue weighted by Gasteiger charge is -2.38. The molecule has 1 aliphatic heterocycles. The molecule has 5 heteroatoms. The molecule has 3 aliphatic rings. The number of piperazine rings is 1. The minimum absolute atomic E-state index is 0.0474. The molecule has 1 heterocycles. The van der Waals surface area contributed by atoms with Crippen LogP contribution in [0, 0.1) is 5.92 Å². The molecule has 2 aliphatic carbocycles. The molecule has 0 radical (unpaired) electrons. The lowest BCUT2D eigenvalue weighted by atomic mass is 9.95. The Labute approximate surface area is 107 Å². The first-order valence-corrected chi connectivity index (χ1v) is 6.88. The Kier molecular flexibility index (Phi) is 2.62. The van der Waals surface area contributed by atoms with Crippen LogP contribution in [0.5, 0.6) is 0 Å². The fourth-order valence-electron chi connectivity index (χ4n) is 2.83. The van der Waals surface area contributed by atoms with Gasteiger partial charge in [-0.3, -0.25) is 9.59 Å². The third kappa shape index (κ3) is 2.00. The molecular weight excluding hydrogens is 230 g/mol. The van der Waals surface area contributed by atoms with E-state index >= 15 is 0 Å². The molecule has 0 aromatic carbocycles. The van der Waals surface area contributed by atoms with Crippen LogP contribution in [0.3, 0.4) is 0 Å². The van der Waals surface area contributed by atoms with E-state index < -0.39 is 5.54 Å². The van der Waals surface area contributed by atoms with E-state index in [1.165, 1.54) is 0 Å². The van der Waals surface area contributed by atoms with Gasteiger partial charge in [0.2, 0.25) is 11.8 Å². The Morgan fingerprint density at radius 3 is 2.44 bits per heavy atom. The van der Waals surface area contributed by atoms with Crippen LogP contribution in [0.1, 0.15) is 32.6 Å². The van der Waals surface area contributed by atoms with Gasteiger partial charge in [0, 0.05) is 19.1 Å². The first-order chi connectivity index (χ1) is 8.50. The number of carbonyl (C=O) groups excluding carboxylic acids is 2. The van der Waals surface area contributed by atoms with Crippen LogP contribution in [0.4, 0.5) is 0 Å². The van der Waals surface area contributed by atoms with Gasteiger partial charge in [0.05, 0.1) is 12.1 Å². The van der Waals surface area contributed by atoms with Crippen molar-refractivity contribution in [3.8, 4) is 0 Å². The Hall–Kier alpha value is -1.10. The summed E-state index contributed by atoms with van der Waals surface area (Å²) >= 11 is 0. The van der Waals surface area contributed by atoms with Gasteiger partial charge in [0.25, 0.3) is 0 Å². The minimum atomic E-state index is -0.776. The smallest absolute Gasteiger partial charge is 0.243 e.